The van der Waals surface area contributed by atoms with Gasteiger partial charge in [-0.1, -0.05) is 39.5 Å². The van der Waals surface area contributed by atoms with Crippen LogP contribution in [0.1, 0.15) is 58.8 Å². The first-order chi connectivity index (χ1) is 9.16. The van der Waals surface area contributed by atoms with Crippen LogP contribution in [-0.2, 0) is 4.79 Å². The SMILES string of the molecule is CCC(C)(CC(F)(F)F)/C(O)=C/C(=O)CC1CCCC1. The number of carbonyl (C=O) groups is 1. The van der Waals surface area contributed by atoms with Crippen molar-refractivity contribution in [1.82, 2.24) is 0 Å². The summed E-state index contributed by atoms with van der Waals surface area (Å²) in [6.07, 6.45) is 0.191. The van der Waals surface area contributed by atoms with Crippen LogP contribution in [0.15, 0.2) is 11.8 Å². The smallest absolute Gasteiger partial charge is 0.390 e. The lowest BCUT2D eigenvalue weighted by atomic mass is 9.81. The number of aliphatic hydroxyl groups is 1. The summed E-state index contributed by atoms with van der Waals surface area (Å²) in [5.74, 6) is -0.390. The summed E-state index contributed by atoms with van der Waals surface area (Å²) in [4.78, 5) is 11.8. The monoisotopic (exact) mass is 292 g/mol. The molecule has 1 saturated carbocycles. The molecule has 1 unspecified atom stereocenters. The number of ketones is 1. The molecule has 1 rings (SSSR count). The van der Waals surface area contributed by atoms with Crippen molar-refractivity contribution in [1.29, 1.82) is 0 Å². The highest BCUT2D eigenvalue weighted by atomic mass is 19.4. The number of aliphatic hydroxyl groups excluding tert-OH is 1. The predicted octanol–water partition coefficient (Wildman–Crippen LogP) is 4.95. The van der Waals surface area contributed by atoms with E-state index in [9.17, 15) is 23.1 Å². The van der Waals surface area contributed by atoms with Gasteiger partial charge in [-0.15, -0.1) is 0 Å². The Bertz CT molecular complexity index is 368. The van der Waals surface area contributed by atoms with Crippen LogP contribution >= 0.6 is 0 Å². The maximum Gasteiger partial charge on any atom is 0.390 e. The van der Waals surface area contributed by atoms with Crippen LogP contribution in [-0.4, -0.2) is 17.1 Å². The fourth-order valence-corrected chi connectivity index (χ4v) is 2.72. The lowest BCUT2D eigenvalue weighted by Gasteiger charge is -2.28. The van der Waals surface area contributed by atoms with Crippen LogP contribution < -0.4 is 0 Å². The van der Waals surface area contributed by atoms with Crippen LogP contribution in [0.25, 0.3) is 0 Å². The Kier molecular flexibility index (Phi) is 5.66. The van der Waals surface area contributed by atoms with Gasteiger partial charge in [-0.2, -0.15) is 13.2 Å². The lowest BCUT2D eigenvalue weighted by molar-refractivity contribution is -0.156. The van der Waals surface area contributed by atoms with E-state index in [2.05, 4.69) is 0 Å². The number of allylic oxidation sites excluding steroid dienone is 2. The van der Waals surface area contributed by atoms with Gasteiger partial charge in [0.15, 0.2) is 5.78 Å². The van der Waals surface area contributed by atoms with E-state index in [1.807, 2.05) is 0 Å². The zero-order chi connectivity index (χ0) is 15.4. The summed E-state index contributed by atoms with van der Waals surface area (Å²) < 4.78 is 37.6. The molecule has 0 radical (unpaired) electrons. The summed E-state index contributed by atoms with van der Waals surface area (Å²) in [5, 5.41) is 9.92. The molecule has 0 heterocycles. The first-order valence-corrected chi connectivity index (χ1v) is 7.17. The van der Waals surface area contributed by atoms with Gasteiger partial charge in [0.05, 0.1) is 6.42 Å². The van der Waals surface area contributed by atoms with Crippen LogP contribution in [0.5, 0.6) is 0 Å². The second-order valence-corrected chi connectivity index (χ2v) is 6.06. The van der Waals surface area contributed by atoms with Gasteiger partial charge >= 0.3 is 6.18 Å². The van der Waals surface area contributed by atoms with Crippen LogP contribution in [0.2, 0.25) is 0 Å². The molecule has 0 aromatic heterocycles. The van der Waals surface area contributed by atoms with Crippen molar-refractivity contribution in [3.05, 3.63) is 11.8 Å². The minimum Gasteiger partial charge on any atom is -0.512 e. The second kappa shape index (κ2) is 6.64. The highest BCUT2D eigenvalue weighted by Crippen LogP contribution is 2.40. The van der Waals surface area contributed by atoms with E-state index in [1.54, 1.807) is 6.92 Å². The molecule has 0 bridgehead atoms. The first kappa shape index (κ1) is 17.1. The fraction of sp³-hybridized carbons (Fsp3) is 0.800. The summed E-state index contributed by atoms with van der Waals surface area (Å²) in [6, 6.07) is 0. The van der Waals surface area contributed by atoms with Gasteiger partial charge in [0.25, 0.3) is 0 Å². The molecule has 0 saturated heterocycles. The first-order valence-electron chi connectivity index (χ1n) is 7.17. The Balaban J connectivity index is 2.70. The zero-order valence-electron chi connectivity index (χ0n) is 12.1. The highest BCUT2D eigenvalue weighted by Gasteiger charge is 2.41. The average Bonchev–Trinajstić information content (AvgIpc) is 2.79. The van der Waals surface area contributed by atoms with Crippen LogP contribution in [0.3, 0.4) is 0 Å². The molecule has 1 aliphatic rings. The zero-order valence-corrected chi connectivity index (χ0v) is 12.1. The van der Waals surface area contributed by atoms with Gasteiger partial charge < -0.3 is 5.11 Å². The molecule has 1 N–H and O–H groups in total. The van der Waals surface area contributed by atoms with Crippen molar-refractivity contribution in [2.75, 3.05) is 0 Å². The number of carbonyl (C=O) groups excluding carboxylic acids is 1. The summed E-state index contributed by atoms with van der Waals surface area (Å²) in [7, 11) is 0. The molecule has 20 heavy (non-hydrogen) atoms. The van der Waals surface area contributed by atoms with Crippen molar-refractivity contribution < 1.29 is 23.1 Å². The van der Waals surface area contributed by atoms with Gasteiger partial charge in [-0.05, 0) is 12.3 Å². The standard InChI is InChI=1S/C15H23F3O2/c1-3-14(2,10-15(16,17)18)13(20)9-12(19)8-11-6-4-5-7-11/h9,11,20H,3-8,10H2,1-2H3/b13-9-. The number of halogens is 3. The summed E-state index contributed by atoms with van der Waals surface area (Å²) in [5.41, 5.74) is -1.41. The Morgan fingerprint density at radius 2 is 1.85 bits per heavy atom. The minimum absolute atomic E-state index is 0.131. The van der Waals surface area contributed by atoms with Crippen LogP contribution in [0.4, 0.5) is 13.2 Å². The largest absolute Gasteiger partial charge is 0.512 e. The second-order valence-electron chi connectivity index (χ2n) is 6.06. The Morgan fingerprint density at radius 1 is 1.30 bits per heavy atom. The molecule has 2 nitrogen and oxygen atoms in total. The van der Waals surface area contributed by atoms with E-state index >= 15 is 0 Å². The molecule has 0 spiro atoms. The lowest BCUT2D eigenvalue weighted by Crippen LogP contribution is -2.27. The molecule has 0 aromatic rings. The minimum atomic E-state index is -4.36. The molecule has 0 aromatic carbocycles. The molecule has 0 aliphatic heterocycles. The normalized spacial score (nSPS) is 20.9. The van der Waals surface area contributed by atoms with E-state index in [-0.39, 0.29) is 12.2 Å². The third-order valence-corrected chi connectivity index (χ3v) is 4.25. The quantitative estimate of drug-likeness (QED) is 0.555. The molecule has 1 fully saturated rings. The summed E-state index contributed by atoms with van der Waals surface area (Å²) in [6.45, 7) is 2.92. The highest BCUT2D eigenvalue weighted by molar-refractivity contribution is 5.90. The average molecular weight is 292 g/mol. The van der Waals surface area contributed by atoms with Crippen molar-refractivity contribution in [3.8, 4) is 0 Å². The number of hydrogen-bond acceptors (Lipinski definition) is 2. The van der Waals surface area contributed by atoms with Crippen molar-refractivity contribution >= 4 is 5.78 Å². The van der Waals surface area contributed by atoms with Crippen LogP contribution in [0, 0.1) is 11.3 Å². The van der Waals surface area contributed by atoms with Gasteiger partial charge in [0.1, 0.15) is 5.76 Å². The van der Waals surface area contributed by atoms with Crippen molar-refractivity contribution in [3.63, 3.8) is 0 Å². The molecular weight excluding hydrogens is 269 g/mol. The molecule has 1 atom stereocenters. The van der Waals surface area contributed by atoms with Gasteiger partial charge in [-0.25, -0.2) is 0 Å². The van der Waals surface area contributed by atoms with Crippen molar-refractivity contribution in [2.24, 2.45) is 11.3 Å². The predicted molar refractivity (Wildman–Crippen MR) is 71.4 cm³/mol. The molecular formula is C15H23F3O2. The number of alkyl halides is 3. The Morgan fingerprint density at radius 3 is 2.30 bits per heavy atom. The summed E-state index contributed by atoms with van der Waals surface area (Å²) >= 11 is 0. The molecule has 0 amide bonds. The third-order valence-electron chi connectivity index (χ3n) is 4.25. The van der Waals surface area contributed by atoms with Gasteiger partial charge in [-0.3, -0.25) is 4.79 Å². The Hall–Kier alpha value is -1.00. The molecule has 5 heteroatoms. The maximum atomic E-state index is 12.5. The van der Waals surface area contributed by atoms with E-state index < -0.39 is 23.8 Å². The van der Waals surface area contributed by atoms with E-state index in [0.717, 1.165) is 31.8 Å². The Labute approximate surface area is 118 Å². The third kappa shape index (κ3) is 5.17. The van der Waals surface area contributed by atoms with E-state index in [4.69, 9.17) is 0 Å². The number of rotatable bonds is 6. The van der Waals surface area contributed by atoms with Crippen molar-refractivity contribution in [2.45, 2.75) is 65.0 Å². The topological polar surface area (TPSA) is 37.3 Å². The maximum absolute atomic E-state index is 12.5. The number of hydrogen-bond donors (Lipinski definition) is 1. The van der Waals surface area contributed by atoms with Gasteiger partial charge in [0.2, 0.25) is 0 Å². The van der Waals surface area contributed by atoms with E-state index in [0.29, 0.717) is 12.3 Å². The van der Waals surface area contributed by atoms with Gasteiger partial charge in [0, 0.05) is 17.9 Å². The fourth-order valence-electron chi connectivity index (χ4n) is 2.72. The molecule has 116 valence electrons. The van der Waals surface area contributed by atoms with E-state index in [1.165, 1.54) is 6.92 Å². The molecule has 1 aliphatic carbocycles.